The van der Waals surface area contributed by atoms with E-state index >= 15 is 0 Å². The first-order chi connectivity index (χ1) is 14.0. The lowest BCUT2D eigenvalue weighted by Crippen LogP contribution is -2.55. The molecule has 0 bridgehead atoms. The van der Waals surface area contributed by atoms with Gasteiger partial charge >= 0.3 is 6.18 Å². The van der Waals surface area contributed by atoms with Crippen molar-refractivity contribution in [3.05, 3.63) is 39.5 Å². The number of fused-ring (bicyclic) bond motifs is 1. The molecule has 4 rings (SSSR count). The van der Waals surface area contributed by atoms with Crippen LogP contribution in [-0.4, -0.2) is 32.5 Å². The van der Waals surface area contributed by atoms with Gasteiger partial charge in [-0.25, -0.2) is 9.97 Å². The van der Waals surface area contributed by atoms with Gasteiger partial charge in [0.1, 0.15) is 29.3 Å². The first-order valence-corrected chi connectivity index (χ1v) is 9.14. The number of alkyl halides is 3. The van der Waals surface area contributed by atoms with Crippen molar-refractivity contribution in [1.82, 2.24) is 19.9 Å². The van der Waals surface area contributed by atoms with E-state index in [0.29, 0.717) is 6.92 Å². The van der Waals surface area contributed by atoms with Gasteiger partial charge in [-0.3, -0.25) is 19.0 Å². The predicted octanol–water partition coefficient (Wildman–Crippen LogP) is 2.36. The van der Waals surface area contributed by atoms with E-state index < -0.39 is 29.0 Å². The summed E-state index contributed by atoms with van der Waals surface area (Å²) in [5.74, 6) is -1.19. The summed E-state index contributed by atoms with van der Waals surface area (Å²) in [6, 6.07) is 2.36. The molecule has 9 nitrogen and oxygen atoms in total. The van der Waals surface area contributed by atoms with E-state index in [9.17, 15) is 27.6 Å². The number of rotatable bonds is 4. The second-order valence-electron chi connectivity index (χ2n) is 7.10. The lowest BCUT2D eigenvalue weighted by molar-refractivity contribution is -0.213. The summed E-state index contributed by atoms with van der Waals surface area (Å²) in [6.07, 6.45) is -2.27. The van der Waals surface area contributed by atoms with Gasteiger partial charge in [0.25, 0.3) is 11.5 Å². The zero-order valence-electron chi connectivity index (χ0n) is 15.3. The molecule has 2 aromatic heterocycles. The second kappa shape index (κ2) is 6.69. The Hall–Kier alpha value is -3.15. The lowest BCUT2D eigenvalue weighted by Gasteiger charge is -2.29. The maximum atomic E-state index is 13.6. The Morgan fingerprint density at radius 3 is 2.57 bits per heavy atom. The van der Waals surface area contributed by atoms with Crippen LogP contribution in [0, 0.1) is 5.92 Å². The monoisotopic (exact) mass is 442 g/mol. The number of nitrogens with zero attached hydrogens (tertiary/aromatic N) is 3. The number of nitrogens with one attached hydrogen (secondary N) is 3. The van der Waals surface area contributed by atoms with Gasteiger partial charge in [0.05, 0.1) is 5.02 Å². The summed E-state index contributed by atoms with van der Waals surface area (Å²) in [4.78, 5) is 44.5. The average molecular weight is 443 g/mol. The minimum atomic E-state index is -4.96. The van der Waals surface area contributed by atoms with Crippen molar-refractivity contribution in [1.29, 1.82) is 0 Å². The van der Waals surface area contributed by atoms with Crippen LogP contribution in [0.1, 0.15) is 30.3 Å². The van der Waals surface area contributed by atoms with E-state index in [1.165, 1.54) is 6.07 Å². The van der Waals surface area contributed by atoms with Crippen LogP contribution in [0.2, 0.25) is 5.02 Å². The third-order valence-electron chi connectivity index (χ3n) is 4.85. The minimum absolute atomic E-state index is 0.0378. The molecule has 0 radical (unpaired) electrons. The van der Waals surface area contributed by atoms with Crippen LogP contribution < -0.4 is 21.5 Å². The van der Waals surface area contributed by atoms with Crippen LogP contribution in [-0.2, 0) is 10.5 Å². The van der Waals surface area contributed by atoms with E-state index in [1.54, 1.807) is 5.32 Å². The highest BCUT2D eigenvalue weighted by Gasteiger charge is 2.59. The minimum Gasteiger partial charge on any atom is -0.336 e. The fourth-order valence-corrected chi connectivity index (χ4v) is 3.33. The molecule has 2 aliphatic rings. The number of anilines is 3. The molecule has 0 spiro atoms. The fourth-order valence-electron chi connectivity index (χ4n) is 3.05. The summed E-state index contributed by atoms with van der Waals surface area (Å²) < 4.78 is 41.1. The van der Waals surface area contributed by atoms with Crippen LogP contribution in [0.5, 0.6) is 0 Å². The number of pyridine rings is 1. The molecule has 2 aromatic rings. The Labute approximate surface area is 171 Å². The number of carbonyl (C=O) groups excluding carboxylic acids is 2. The third kappa shape index (κ3) is 3.26. The molecule has 1 unspecified atom stereocenters. The van der Waals surface area contributed by atoms with Crippen LogP contribution in [0.4, 0.5) is 30.5 Å². The highest BCUT2D eigenvalue weighted by Crippen LogP contribution is 2.39. The SMILES string of the molecule is CC1(C(F)(F)F)NC(=O)c2c(Cl)cc(Nc3cc(NC(=O)C4CC4)ncn3)c(=O)n21. The lowest BCUT2D eigenvalue weighted by atomic mass is 10.2. The number of carbonyl (C=O) groups is 2. The Morgan fingerprint density at radius 1 is 1.27 bits per heavy atom. The number of amides is 2. The van der Waals surface area contributed by atoms with Gasteiger partial charge in [-0.05, 0) is 25.8 Å². The van der Waals surface area contributed by atoms with E-state index in [2.05, 4.69) is 20.6 Å². The molecule has 1 aliphatic carbocycles. The Kier molecular flexibility index (Phi) is 4.49. The van der Waals surface area contributed by atoms with Crippen molar-refractivity contribution < 1.29 is 22.8 Å². The molecule has 2 amide bonds. The van der Waals surface area contributed by atoms with Crippen molar-refractivity contribution in [3.63, 3.8) is 0 Å². The van der Waals surface area contributed by atoms with Crippen LogP contribution in [0.25, 0.3) is 0 Å². The molecule has 158 valence electrons. The number of hydrogen-bond acceptors (Lipinski definition) is 6. The molecular weight excluding hydrogens is 429 g/mol. The van der Waals surface area contributed by atoms with Crippen molar-refractivity contribution in [3.8, 4) is 0 Å². The van der Waals surface area contributed by atoms with Crippen LogP contribution in [0.3, 0.4) is 0 Å². The third-order valence-corrected chi connectivity index (χ3v) is 5.14. The Balaban J connectivity index is 1.71. The molecular formula is C17H14ClF3N6O3. The maximum absolute atomic E-state index is 13.6. The first-order valence-electron chi connectivity index (χ1n) is 8.76. The molecule has 3 heterocycles. The molecule has 1 aliphatic heterocycles. The summed E-state index contributed by atoms with van der Waals surface area (Å²) in [7, 11) is 0. The van der Waals surface area contributed by atoms with E-state index in [0.717, 1.165) is 25.2 Å². The molecule has 1 fully saturated rings. The summed E-state index contributed by atoms with van der Waals surface area (Å²) in [5, 5.41) is 6.59. The average Bonchev–Trinajstić information content (AvgIpc) is 3.44. The van der Waals surface area contributed by atoms with Crippen molar-refractivity contribution in [2.24, 2.45) is 5.92 Å². The summed E-state index contributed by atoms with van der Waals surface area (Å²) in [6.45, 7) is 0.666. The standard InChI is InChI=1S/C17H14ClF3N6O3/c1-16(17(19,20)21)26-14(29)12-8(18)4-9(15(30)27(12)16)24-10-5-11(23-6-22-10)25-13(28)7-2-3-7/h4-7H,2-3H2,1H3,(H,26,29)(H2,22,23,24,25,28). The van der Waals surface area contributed by atoms with Crippen molar-refractivity contribution in [2.75, 3.05) is 10.6 Å². The van der Waals surface area contributed by atoms with Crippen molar-refractivity contribution in [2.45, 2.75) is 31.6 Å². The molecule has 1 saturated carbocycles. The van der Waals surface area contributed by atoms with Gasteiger partial charge in [0.2, 0.25) is 11.6 Å². The van der Waals surface area contributed by atoms with Gasteiger partial charge in [0, 0.05) is 12.0 Å². The van der Waals surface area contributed by atoms with Crippen LogP contribution in [0.15, 0.2) is 23.3 Å². The van der Waals surface area contributed by atoms with Gasteiger partial charge in [-0.1, -0.05) is 11.6 Å². The molecule has 3 N–H and O–H groups in total. The highest BCUT2D eigenvalue weighted by atomic mass is 35.5. The Bertz CT molecular complexity index is 1130. The van der Waals surface area contributed by atoms with E-state index in [4.69, 9.17) is 11.6 Å². The predicted molar refractivity (Wildman–Crippen MR) is 99.5 cm³/mol. The Morgan fingerprint density at radius 2 is 1.93 bits per heavy atom. The zero-order valence-corrected chi connectivity index (χ0v) is 16.1. The van der Waals surface area contributed by atoms with Gasteiger partial charge in [0.15, 0.2) is 0 Å². The normalized spacial score (nSPS) is 20.5. The smallest absolute Gasteiger partial charge is 0.336 e. The fraction of sp³-hybridized carbons (Fsp3) is 0.353. The quantitative estimate of drug-likeness (QED) is 0.669. The van der Waals surface area contributed by atoms with Crippen LogP contribution >= 0.6 is 11.6 Å². The maximum Gasteiger partial charge on any atom is 0.430 e. The number of aromatic nitrogens is 3. The van der Waals surface area contributed by atoms with E-state index in [-0.39, 0.29) is 38.7 Å². The summed E-state index contributed by atoms with van der Waals surface area (Å²) in [5.41, 5.74) is -5.02. The number of halogens is 4. The highest BCUT2D eigenvalue weighted by molar-refractivity contribution is 6.34. The van der Waals surface area contributed by atoms with Gasteiger partial charge in [-0.2, -0.15) is 13.2 Å². The molecule has 0 saturated heterocycles. The molecule has 0 aromatic carbocycles. The summed E-state index contributed by atoms with van der Waals surface area (Å²) >= 11 is 6.01. The molecule has 30 heavy (non-hydrogen) atoms. The largest absolute Gasteiger partial charge is 0.430 e. The molecule has 13 heteroatoms. The topological polar surface area (TPSA) is 118 Å². The van der Waals surface area contributed by atoms with Crippen molar-refractivity contribution >= 4 is 40.7 Å². The zero-order chi connectivity index (χ0) is 21.8. The first kappa shape index (κ1) is 20.1. The second-order valence-corrected chi connectivity index (χ2v) is 7.50. The molecule has 1 atom stereocenters. The number of hydrogen-bond donors (Lipinski definition) is 3. The van der Waals surface area contributed by atoms with E-state index in [1.807, 2.05) is 0 Å². The van der Waals surface area contributed by atoms with Gasteiger partial charge in [-0.15, -0.1) is 0 Å². The van der Waals surface area contributed by atoms with Gasteiger partial charge < -0.3 is 16.0 Å².